The first-order valence-corrected chi connectivity index (χ1v) is 5.07. The normalized spacial score (nSPS) is 9.69. The van der Waals surface area contributed by atoms with Gasteiger partial charge in [-0.05, 0) is 32.4 Å². The van der Waals surface area contributed by atoms with Gasteiger partial charge in [0.2, 0.25) is 0 Å². The molecule has 0 unspecified atom stereocenters. The van der Waals surface area contributed by atoms with Crippen LogP contribution in [0.5, 0.6) is 11.5 Å². The predicted octanol–water partition coefficient (Wildman–Crippen LogP) is 2.72. The molecule has 1 N–H and O–H groups in total. The number of carbonyl (C=O) groups is 1. The largest absolute Gasteiger partial charge is 0.507 e. The Hall–Kier alpha value is -1.77. The van der Waals surface area contributed by atoms with E-state index in [9.17, 15) is 9.90 Å². The van der Waals surface area contributed by atoms with E-state index in [-0.39, 0.29) is 11.3 Å². The lowest BCUT2D eigenvalue weighted by Gasteiger charge is -2.10. The van der Waals surface area contributed by atoms with Crippen molar-refractivity contribution in [3.8, 4) is 11.5 Å². The quantitative estimate of drug-likeness (QED) is 0.627. The molecule has 16 heavy (non-hydrogen) atoms. The van der Waals surface area contributed by atoms with Crippen LogP contribution in [-0.2, 0) is 6.42 Å². The second-order valence-electron chi connectivity index (χ2n) is 3.79. The Balaban J connectivity index is 3.21. The zero-order valence-electron chi connectivity index (χ0n) is 9.78. The van der Waals surface area contributed by atoms with Crippen LogP contribution in [0.25, 0.3) is 0 Å². The average Bonchev–Trinajstić information content (AvgIpc) is 2.26. The van der Waals surface area contributed by atoms with E-state index < -0.39 is 0 Å². The summed E-state index contributed by atoms with van der Waals surface area (Å²) in [6.07, 6.45) is 3.17. The summed E-state index contributed by atoms with van der Waals surface area (Å²) in [6.45, 7) is 3.96. The molecular formula is C13H16O3. The average molecular weight is 220 g/mol. The second-order valence-corrected chi connectivity index (χ2v) is 3.79. The van der Waals surface area contributed by atoms with Crippen molar-refractivity contribution in [2.45, 2.75) is 20.3 Å². The third-order valence-corrected chi connectivity index (χ3v) is 2.33. The maximum absolute atomic E-state index is 10.7. The number of benzene rings is 1. The monoisotopic (exact) mass is 220 g/mol. The Morgan fingerprint density at radius 1 is 1.44 bits per heavy atom. The molecule has 0 spiro atoms. The highest BCUT2D eigenvalue weighted by atomic mass is 16.5. The Labute approximate surface area is 95.4 Å². The van der Waals surface area contributed by atoms with Gasteiger partial charge in [0.25, 0.3) is 0 Å². The second kappa shape index (κ2) is 5.35. The molecule has 0 saturated heterocycles. The van der Waals surface area contributed by atoms with Crippen LogP contribution < -0.4 is 4.74 Å². The van der Waals surface area contributed by atoms with Gasteiger partial charge < -0.3 is 9.84 Å². The van der Waals surface area contributed by atoms with Crippen LogP contribution in [0.3, 0.4) is 0 Å². The third-order valence-electron chi connectivity index (χ3n) is 2.33. The van der Waals surface area contributed by atoms with Gasteiger partial charge in [-0.15, -0.1) is 0 Å². The Morgan fingerprint density at radius 3 is 2.62 bits per heavy atom. The maximum Gasteiger partial charge on any atom is 0.153 e. The molecule has 0 aliphatic carbocycles. The predicted molar refractivity (Wildman–Crippen MR) is 63.2 cm³/mol. The Kier molecular flexibility index (Phi) is 4.11. The fraction of sp³-hybridized carbons (Fsp3) is 0.308. The van der Waals surface area contributed by atoms with Gasteiger partial charge in [0.15, 0.2) is 6.29 Å². The van der Waals surface area contributed by atoms with Crippen LogP contribution in [0.2, 0.25) is 0 Å². The van der Waals surface area contributed by atoms with E-state index in [0.717, 1.165) is 5.57 Å². The van der Waals surface area contributed by atoms with Crippen LogP contribution >= 0.6 is 0 Å². The van der Waals surface area contributed by atoms with Crippen molar-refractivity contribution in [3.05, 3.63) is 34.9 Å². The van der Waals surface area contributed by atoms with Crippen molar-refractivity contribution in [1.82, 2.24) is 0 Å². The van der Waals surface area contributed by atoms with Gasteiger partial charge in [0, 0.05) is 5.56 Å². The van der Waals surface area contributed by atoms with Gasteiger partial charge in [-0.25, -0.2) is 0 Å². The van der Waals surface area contributed by atoms with Gasteiger partial charge in [0.05, 0.1) is 12.7 Å². The van der Waals surface area contributed by atoms with E-state index in [1.807, 2.05) is 19.9 Å². The van der Waals surface area contributed by atoms with Crippen molar-refractivity contribution in [2.24, 2.45) is 0 Å². The van der Waals surface area contributed by atoms with Crippen molar-refractivity contribution < 1.29 is 14.6 Å². The van der Waals surface area contributed by atoms with Crippen LogP contribution in [0, 0.1) is 0 Å². The molecule has 0 amide bonds. The number of methoxy groups -OCH3 is 1. The summed E-state index contributed by atoms with van der Waals surface area (Å²) in [7, 11) is 1.54. The molecule has 0 aliphatic rings. The summed E-state index contributed by atoms with van der Waals surface area (Å²) in [5.41, 5.74) is 2.09. The van der Waals surface area contributed by atoms with Gasteiger partial charge in [-0.1, -0.05) is 11.6 Å². The van der Waals surface area contributed by atoms with Crippen molar-refractivity contribution >= 4 is 6.29 Å². The van der Waals surface area contributed by atoms with Crippen LogP contribution in [0.1, 0.15) is 29.8 Å². The highest BCUT2D eigenvalue weighted by molar-refractivity contribution is 5.81. The summed E-state index contributed by atoms with van der Waals surface area (Å²) in [4.78, 5) is 10.7. The minimum absolute atomic E-state index is 0.00634. The van der Waals surface area contributed by atoms with Gasteiger partial charge >= 0.3 is 0 Å². The van der Waals surface area contributed by atoms with Gasteiger partial charge in [0.1, 0.15) is 11.5 Å². The molecule has 1 aromatic carbocycles. The molecule has 1 rings (SSSR count). The van der Waals surface area contributed by atoms with Crippen molar-refractivity contribution in [2.75, 3.05) is 7.11 Å². The highest BCUT2D eigenvalue weighted by Gasteiger charge is 2.11. The lowest BCUT2D eigenvalue weighted by atomic mass is 10.0. The number of hydrogen-bond donors (Lipinski definition) is 1. The smallest absolute Gasteiger partial charge is 0.153 e. The topological polar surface area (TPSA) is 46.5 Å². The molecule has 1 aromatic rings. The molecule has 0 heterocycles. The van der Waals surface area contributed by atoms with Crippen molar-refractivity contribution in [1.29, 1.82) is 0 Å². The summed E-state index contributed by atoms with van der Waals surface area (Å²) >= 11 is 0. The number of carbonyl (C=O) groups excluding carboxylic acids is 1. The molecule has 86 valence electrons. The fourth-order valence-corrected chi connectivity index (χ4v) is 1.43. The number of aromatic hydroxyl groups is 1. The third kappa shape index (κ3) is 2.63. The molecule has 0 atom stereocenters. The molecule has 3 nitrogen and oxygen atoms in total. The molecule has 0 aromatic heterocycles. The summed E-state index contributed by atoms with van der Waals surface area (Å²) in [6, 6.07) is 3.24. The minimum Gasteiger partial charge on any atom is -0.507 e. The van der Waals surface area contributed by atoms with E-state index >= 15 is 0 Å². The number of ether oxygens (including phenoxy) is 1. The number of phenols is 1. The molecule has 0 radical (unpaired) electrons. The number of allylic oxidation sites excluding steroid dienone is 2. The SMILES string of the molecule is COc1ccc(C=O)c(O)c1CC=C(C)C. The van der Waals surface area contributed by atoms with Crippen LogP contribution in [-0.4, -0.2) is 18.5 Å². The summed E-state index contributed by atoms with van der Waals surface area (Å²) in [5, 5.41) is 9.87. The first-order valence-electron chi connectivity index (χ1n) is 5.07. The molecule has 0 saturated carbocycles. The lowest BCUT2D eigenvalue weighted by molar-refractivity contribution is 0.112. The summed E-state index contributed by atoms with van der Waals surface area (Å²) in [5.74, 6) is 0.604. The van der Waals surface area contributed by atoms with Gasteiger partial charge in [-0.3, -0.25) is 4.79 Å². The lowest BCUT2D eigenvalue weighted by Crippen LogP contribution is -1.95. The van der Waals surface area contributed by atoms with Gasteiger partial charge in [-0.2, -0.15) is 0 Å². The fourth-order valence-electron chi connectivity index (χ4n) is 1.43. The Morgan fingerprint density at radius 2 is 2.12 bits per heavy atom. The summed E-state index contributed by atoms with van der Waals surface area (Å²) < 4.78 is 5.15. The van der Waals surface area contributed by atoms with E-state index in [0.29, 0.717) is 24.0 Å². The van der Waals surface area contributed by atoms with E-state index in [2.05, 4.69) is 0 Å². The van der Waals surface area contributed by atoms with E-state index in [4.69, 9.17) is 4.74 Å². The maximum atomic E-state index is 10.7. The molecule has 3 heteroatoms. The molecule has 0 fully saturated rings. The first kappa shape index (κ1) is 12.3. The number of phenolic OH excluding ortho intramolecular Hbond substituents is 1. The molecule has 0 aliphatic heterocycles. The number of aldehydes is 1. The van der Waals surface area contributed by atoms with Crippen LogP contribution in [0.15, 0.2) is 23.8 Å². The first-order chi connectivity index (χ1) is 7.60. The van der Waals surface area contributed by atoms with Crippen LogP contribution in [0.4, 0.5) is 0 Å². The molecule has 0 bridgehead atoms. The molecular weight excluding hydrogens is 204 g/mol. The van der Waals surface area contributed by atoms with E-state index in [1.54, 1.807) is 19.2 Å². The zero-order valence-corrected chi connectivity index (χ0v) is 9.78. The Bertz CT molecular complexity index is 415. The standard InChI is InChI=1S/C13H16O3/c1-9(2)4-6-11-12(16-3)7-5-10(8-14)13(11)15/h4-5,7-8,15H,6H2,1-3H3. The van der Waals surface area contributed by atoms with Crippen molar-refractivity contribution in [3.63, 3.8) is 0 Å². The number of rotatable bonds is 4. The highest BCUT2D eigenvalue weighted by Crippen LogP contribution is 2.31. The minimum atomic E-state index is 0.00634. The zero-order chi connectivity index (χ0) is 12.1. The van der Waals surface area contributed by atoms with E-state index in [1.165, 1.54) is 0 Å². The number of hydrogen-bond acceptors (Lipinski definition) is 3.